The second kappa shape index (κ2) is 9.59. The van der Waals surface area contributed by atoms with Gasteiger partial charge in [0.05, 0.1) is 19.2 Å². The fraction of sp³-hybridized carbons (Fsp3) is 0.158. The van der Waals surface area contributed by atoms with Crippen molar-refractivity contribution >= 4 is 35.2 Å². The molecule has 0 aliphatic heterocycles. The van der Waals surface area contributed by atoms with E-state index in [2.05, 4.69) is 5.32 Å². The van der Waals surface area contributed by atoms with Crippen LogP contribution in [-0.4, -0.2) is 32.7 Å². The van der Waals surface area contributed by atoms with Crippen molar-refractivity contribution in [3.05, 3.63) is 58.9 Å². The lowest BCUT2D eigenvalue weighted by Crippen LogP contribution is -2.20. The van der Waals surface area contributed by atoms with Crippen LogP contribution in [0.3, 0.4) is 0 Å². The maximum Gasteiger partial charge on any atom is 0.331 e. The molecule has 1 amide bonds. The first-order valence-corrected chi connectivity index (χ1v) is 8.12. The van der Waals surface area contributed by atoms with Gasteiger partial charge < -0.3 is 19.5 Å². The highest BCUT2D eigenvalue weighted by atomic mass is 35.5. The van der Waals surface area contributed by atoms with E-state index in [9.17, 15) is 14.0 Å². The standard InChI is InChI=1S/C19H17ClFNO5/c1-25-14-5-7-17(26-2)12(9-14)3-8-19(24)27-11-18(23)22-13-4-6-16(21)15(20)10-13/h3-10H,11H2,1-2H3,(H,22,23)/b8-3+. The van der Waals surface area contributed by atoms with Crippen LogP contribution in [0.4, 0.5) is 10.1 Å². The second-order valence-corrected chi connectivity index (χ2v) is 5.63. The molecular weight excluding hydrogens is 377 g/mol. The molecule has 0 spiro atoms. The number of carbonyl (C=O) groups is 2. The smallest absolute Gasteiger partial charge is 0.331 e. The summed E-state index contributed by atoms with van der Waals surface area (Å²) in [6, 6.07) is 8.83. The summed E-state index contributed by atoms with van der Waals surface area (Å²) >= 11 is 5.63. The number of hydrogen-bond donors (Lipinski definition) is 1. The predicted molar refractivity (Wildman–Crippen MR) is 99.6 cm³/mol. The Morgan fingerprint density at radius 3 is 2.59 bits per heavy atom. The van der Waals surface area contributed by atoms with Gasteiger partial charge >= 0.3 is 5.97 Å². The number of ether oxygens (including phenoxy) is 3. The zero-order valence-electron chi connectivity index (χ0n) is 14.6. The van der Waals surface area contributed by atoms with Crippen LogP contribution in [0, 0.1) is 5.82 Å². The molecule has 6 nitrogen and oxygen atoms in total. The molecule has 8 heteroatoms. The van der Waals surface area contributed by atoms with Crippen molar-refractivity contribution in [2.75, 3.05) is 26.1 Å². The molecule has 2 aromatic carbocycles. The molecule has 0 unspecified atom stereocenters. The maximum absolute atomic E-state index is 13.1. The summed E-state index contributed by atoms with van der Waals surface area (Å²) in [6.45, 7) is -0.507. The molecule has 142 valence electrons. The van der Waals surface area contributed by atoms with E-state index < -0.39 is 24.3 Å². The van der Waals surface area contributed by atoms with Crippen LogP contribution < -0.4 is 14.8 Å². The highest BCUT2D eigenvalue weighted by molar-refractivity contribution is 6.31. The third-order valence-corrected chi connectivity index (χ3v) is 3.67. The van der Waals surface area contributed by atoms with Crippen molar-refractivity contribution in [2.45, 2.75) is 0 Å². The van der Waals surface area contributed by atoms with Gasteiger partial charge in [-0.15, -0.1) is 0 Å². The Hall–Kier alpha value is -3.06. The van der Waals surface area contributed by atoms with Gasteiger partial charge in [-0.2, -0.15) is 0 Å². The molecular formula is C19H17ClFNO5. The third-order valence-electron chi connectivity index (χ3n) is 3.38. The van der Waals surface area contributed by atoms with Crippen LogP contribution in [0.25, 0.3) is 6.08 Å². The van der Waals surface area contributed by atoms with E-state index in [1.54, 1.807) is 18.2 Å². The number of carbonyl (C=O) groups excluding carboxylic acids is 2. The minimum absolute atomic E-state index is 0.125. The maximum atomic E-state index is 13.1. The third kappa shape index (κ3) is 6.00. The Labute approximate surface area is 160 Å². The molecule has 27 heavy (non-hydrogen) atoms. The van der Waals surface area contributed by atoms with Crippen molar-refractivity contribution < 1.29 is 28.2 Å². The summed E-state index contributed by atoms with van der Waals surface area (Å²) in [6.07, 6.45) is 2.65. The van der Waals surface area contributed by atoms with Crippen molar-refractivity contribution in [2.24, 2.45) is 0 Å². The first-order valence-electron chi connectivity index (χ1n) is 7.74. The number of esters is 1. The van der Waals surface area contributed by atoms with E-state index in [0.29, 0.717) is 22.7 Å². The fourth-order valence-corrected chi connectivity index (χ4v) is 2.26. The molecule has 0 bridgehead atoms. The lowest BCUT2D eigenvalue weighted by atomic mass is 10.1. The van der Waals surface area contributed by atoms with Gasteiger partial charge in [0.2, 0.25) is 0 Å². The Bertz CT molecular complexity index is 869. The van der Waals surface area contributed by atoms with Crippen molar-refractivity contribution in [1.82, 2.24) is 0 Å². The number of benzene rings is 2. The van der Waals surface area contributed by atoms with Crippen molar-refractivity contribution in [3.8, 4) is 11.5 Å². The zero-order chi connectivity index (χ0) is 19.8. The van der Waals surface area contributed by atoms with Crippen LogP contribution in [0.15, 0.2) is 42.5 Å². The first kappa shape index (κ1) is 20.3. The van der Waals surface area contributed by atoms with Gasteiger partial charge in [-0.1, -0.05) is 11.6 Å². The van der Waals surface area contributed by atoms with Crippen LogP contribution in [0.2, 0.25) is 5.02 Å². The molecule has 0 saturated heterocycles. The fourth-order valence-electron chi connectivity index (χ4n) is 2.08. The minimum atomic E-state index is -0.716. The average molecular weight is 394 g/mol. The lowest BCUT2D eigenvalue weighted by molar-refractivity contribution is -0.142. The molecule has 0 fully saturated rings. The second-order valence-electron chi connectivity index (χ2n) is 5.23. The molecule has 0 aromatic heterocycles. The number of hydrogen-bond acceptors (Lipinski definition) is 5. The van der Waals surface area contributed by atoms with Crippen LogP contribution in [0.1, 0.15) is 5.56 Å². The number of amides is 1. The molecule has 0 aliphatic rings. The molecule has 0 atom stereocenters. The number of halogens is 2. The molecule has 2 rings (SSSR count). The Morgan fingerprint density at radius 2 is 1.93 bits per heavy atom. The largest absolute Gasteiger partial charge is 0.497 e. The molecule has 2 aromatic rings. The Morgan fingerprint density at radius 1 is 1.15 bits per heavy atom. The van der Waals surface area contributed by atoms with E-state index in [1.165, 1.54) is 38.5 Å². The van der Waals surface area contributed by atoms with Gasteiger partial charge in [0.15, 0.2) is 6.61 Å². The van der Waals surface area contributed by atoms with Crippen LogP contribution >= 0.6 is 11.6 Å². The number of nitrogens with one attached hydrogen (secondary N) is 1. The average Bonchev–Trinajstić information content (AvgIpc) is 2.67. The van der Waals surface area contributed by atoms with Gasteiger partial charge in [0.25, 0.3) is 5.91 Å². The van der Waals surface area contributed by atoms with E-state index in [-0.39, 0.29) is 5.02 Å². The summed E-state index contributed by atoms with van der Waals surface area (Å²) in [5, 5.41) is 2.32. The molecule has 0 radical (unpaired) electrons. The summed E-state index contributed by atoms with van der Waals surface area (Å²) in [7, 11) is 3.03. The van der Waals surface area contributed by atoms with Gasteiger partial charge in [0, 0.05) is 17.3 Å². The van der Waals surface area contributed by atoms with Gasteiger partial charge in [-0.3, -0.25) is 4.79 Å². The number of anilines is 1. The quantitative estimate of drug-likeness (QED) is 0.573. The van der Waals surface area contributed by atoms with Crippen molar-refractivity contribution in [1.29, 1.82) is 0 Å². The first-order chi connectivity index (χ1) is 12.9. The predicted octanol–water partition coefficient (Wildman–Crippen LogP) is 3.69. The van der Waals surface area contributed by atoms with Gasteiger partial charge in [-0.25, -0.2) is 9.18 Å². The Balaban J connectivity index is 1.91. The van der Waals surface area contributed by atoms with E-state index >= 15 is 0 Å². The monoisotopic (exact) mass is 393 g/mol. The summed E-state index contributed by atoms with van der Waals surface area (Å²) in [5.41, 5.74) is 0.901. The van der Waals surface area contributed by atoms with Crippen LogP contribution in [-0.2, 0) is 14.3 Å². The number of methoxy groups -OCH3 is 2. The van der Waals surface area contributed by atoms with Crippen LogP contribution in [0.5, 0.6) is 11.5 Å². The SMILES string of the molecule is COc1ccc(OC)c(/C=C/C(=O)OCC(=O)Nc2ccc(F)c(Cl)c2)c1. The summed E-state index contributed by atoms with van der Waals surface area (Å²) in [4.78, 5) is 23.6. The highest BCUT2D eigenvalue weighted by Crippen LogP contribution is 2.25. The topological polar surface area (TPSA) is 73.9 Å². The lowest BCUT2D eigenvalue weighted by Gasteiger charge is -2.07. The highest BCUT2D eigenvalue weighted by Gasteiger charge is 2.08. The summed E-state index contributed by atoms with van der Waals surface area (Å²) < 4.78 is 28.3. The Kier molecular flexibility index (Phi) is 7.19. The summed E-state index contributed by atoms with van der Waals surface area (Å²) in [5.74, 6) is -0.753. The van der Waals surface area contributed by atoms with Gasteiger partial charge in [0.1, 0.15) is 17.3 Å². The zero-order valence-corrected chi connectivity index (χ0v) is 15.4. The van der Waals surface area contributed by atoms with Crippen molar-refractivity contribution in [3.63, 3.8) is 0 Å². The van der Waals surface area contributed by atoms with E-state index in [1.807, 2.05) is 0 Å². The molecule has 1 N–H and O–H groups in total. The molecule has 0 saturated carbocycles. The minimum Gasteiger partial charge on any atom is -0.497 e. The molecule has 0 heterocycles. The normalized spacial score (nSPS) is 10.5. The van der Waals surface area contributed by atoms with Gasteiger partial charge in [-0.05, 0) is 42.5 Å². The van der Waals surface area contributed by atoms with E-state index in [4.69, 9.17) is 25.8 Å². The number of rotatable bonds is 7. The molecule has 0 aliphatic carbocycles. The van der Waals surface area contributed by atoms with E-state index in [0.717, 1.165) is 6.07 Å².